The Kier molecular flexibility index (Phi) is 3.92. The molecule has 2 rings (SSSR count). The highest BCUT2D eigenvalue weighted by Gasteiger charge is 2.03. The molecule has 2 aromatic rings. The zero-order valence-corrected chi connectivity index (χ0v) is 11.2. The molecule has 0 fully saturated rings. The summed E-state index contributed by atoms with van der Waals surface area (Å²) in [6.07, 6.45) is 0. The third kappa shape index (κ3) is 3.14. The molecule has 0 amide bonds. The van der Waals surface area contributed by atoms with Gasteiger partial charge in [0.1, 0.15) is 18.1 Å². The van der Waals surface area contributed by atoms with E-state index in [9.17, 15) is 5.11 Å². The number of hydrogen-bond donors (Lipinski definition) is 1. The van der Waals surface area contributed by atoms with Crippen molar-refractivity contribution >= 4 is 27.5 Å². The fraction of sp³-hybridized carbons (Fsp3) is 0.0769. The van der Waals surface area contributed by atoms with Crippen LogP contribution in [0.3, 0.4) is 0 Å². The Hall–Kier alpha value is -1.19. The van der Waals surface area contributed by atoms with Gasteiger partial charge in [0, 0.05) is 0 Å². The number of benzene rings is 2. The molecule has 0 atom stereocenters. The van der Waals surface area contributed by atoms with E-state index in [-0.39, 0.29) is 5.75 Å². The second kappa shape index (κ2) is 5.43. The summed E-state index contributed by atoms with van der Waals surface area (Å²) in [7, 11) is 0. The Labute approximate surface area is 113 Å². The van der Waals surface area contributed by atoms with E-state index < -0.39 is 0 Å². The van der Waals surface area contributed by atoms with Crippen molar-refractivity contribution in [3.8, 4) is 11.5 Å². The first-order valence-electron chi connectivity index (χ1n) is 5.01. The van der Waals surface area contributed by atoms with E-state index >= 15 is 0 Å². The lowest BCUT2D eigenvalue weighted by Gasteiger charge is -2.08. The number of para-hydroxylation sites is 1. The fourth-order valence-electron chi connectivity index (χ4n) is 1.37. The van der Waals surface area contributed by atoms with Gasteiger partial charge in [-0.05, 0) is 45.8 Å². The normalized spacial score (nSPS) is 10.2. The van der Waals surface area contributed by atoms with Crippen molar-refractivity contribution in [3.63, 3.8) is 0 Å². The van der Waals surface area contributed by atoms with Crippen LogP contribution in [-0.4, -0.2) is 5.11 Å². The van der Waals surface area contributed by atoms with E-state index in [1.807, 2.05) is 18.2 Å². The largest absolute Gasteiger partial charge is 0.507 e. The molecule has 0 bridgehead atoms. The summed E-state index contributed by atoms with van der Waals surface area (Å²) in [5.41, 5.74) is 0.880. The molecule has 0 unspecified atom stereocenters. The minimum atomic E-state index is 0.199. The first-order chi connectivity index (χ1) is 8.16. The molecule has 0 radical (unpaired) electrons. The number of ether oxygens (including phenoxy) is 1. The lowest BCUT2D eigenvalue weighted by Crippen LogP contribution is -1.95. The Bertz CT molecular complexity index is 529. The van der Waals surface area contributed by atoms with Crippen LogP contribution < -0.4 is 4.74 Å². The van der Waals surface area contributed by atoms with Crippen molar-refractivity contribution < 1.29 is 9.84 Å². The van der Waals surface area contributed by atoms with Crippen molar-refractivity contribution in [2.45, 2.75) is 6.61 Å². The standard InChI is InChI=1S/C13H10BrClO2/c14-10-6-5-9(7-12(10)16)8-17-13-4-2-1-3-11(13)15/h1-7,16H,8H2. The van der Waals surface area contributed by atoms with Gasteiger partial charge in [-0.25, -0.2) is 0 Å². The van der Waals surface area contributed by atoms with Crippen molar-refractivity contribution in [2.75, 3.05) is 0 Å². The van der Waals surface area contributed by atoms with Gasteiger partial charge in [0.15, 0.2) is 0 Å². The maximum Gasteiger partial charge on any atom is 0.138 e. The quantitative estimate of drug-likeness (QED) is 0.911. The van der Waals surface area contributed by atoms with E-state index in [0.29, 0.717) is 21.9 Å². The smallest absolute Gasteiger partial charge is 0.138 e. The second-order valence-corrected chi connectivity index (χ2v) is 4.77. The Balaban J connectivity index is 2.08. The first kappa shape index (κ1) is 12.3. The number of hydrogen-bond acceptors (Lipinski definition) is 2. The zero-order valence-electron chi connectivity index (χ0n) is 8.86. The summed E-state index contributed by atoms with van der Waals surface area (Å²) in [5.74, 6) is 0.835. The van der Waals surface area contributed by atoms with E-state index in [1.54, 1.807) is 24.3 Å². The van der Waals surface area contributed by atoms with Crippen molar-refractivity contribution in [2.24, 2.45) is 0 Å². The molecule has 0 aliphatic carbocycles. The second-order valence-electron chi connectivity index (χ2n) is 3.50. The van der Waals surface area contributed by atoms with Crippen LogP contribution in [-0.2, 0) is 6.61 Å². The highest BCUT2D eigenvalue weighted by molar-refractivity contribution is 9.10. The lowest BCUT2D eigenvalue weighted by molar-refractivity contribution is 0.305. The SMILES string of the molecule is Oc1cc(COc2ccccc2Cl)ccc1Br. The van der Waals surface area contributed by atoms with Crippen LogP contribution in [0.5, 0.6) is 11.5 Å². The molecule has 0 spiro atoms. The minimum Gasteiger partial charge on any atom is -0.507 e. The number of phenols is 1. The van der Waals surface area contributed by atoms with Crippen LogP contribution in [0.2, 0.25) is 5.02 Å². The van der Waals surface area contributed by atoms with Crippen LogP contribution in [0.4, 0.5) is 0 Å². The molecule has 2 aromatic carbocycles. The molecule has 17 heavy (non-hydrogen) atoms. The van der Waals surface area contributed by atoms with Gasteiger partial charge in [-0.1, -0.05) is 29.8 Å². The highest BCUT2D eigenvalue weighted by Crippen LogP contribution is 2.27. The predicted octanol–water partition coefficient (Wildman–Crippen LogP) is 4.39. The third-order valence-corrected chi connectivity index (χ3v) is 3.22. The van der Waals surface area contributed by atoms with Crippen molar-refractivity contribution in [1.82, 2.24) is 0 Å². The van der Waals surface area contributed by atoms with Crippen LogP contribution in [0.1, 0.15) is 5.56 Å². The van der Waals surface area contributed by atoms with Gasteiger partial charge in [0.2, 0.25) is 0 Å². The van der Waals surface area contributed by atoms with Gasteiger partial charge in [0.25, 0.3) is 0 Å². The van der Waals surface area contributed by atoms with Gasteiger partial charge >= 0.3 is 0 Å². The first-order valence-corrected chi connectivity index (χ1v) is 6.18. The van der Waals surface area contributed by atoms with Gasteiger partial charge < -0.3 is 9.84 Å². The molecule has 0 aliphatic heterocycles. The highest BCUT2D eigenvalue weighted by atomic mass is 79.9. The molecular weight excluding hydrogens is 303 g/mol. The van der Waals surface area contributed by atoms with E-state index in [1.165, 1.54) is 0 Å². The van der Waals surface area contributed by atoms with Gasteiger partial charge in [0.05, 0.1) is 9.50 Å². The fourth-order valence-corrected chi connectivity index (χ4v) is 1.81. The van der Waals surface area contributed by atoms with Gasteiger partial charge in [-0.2, -0.15) is 0 Å². The zero-order chi connectivity index (χ0) is 12.3. The van der Waals surface area contributed by atoms with Crippen LogP contribution >= 0.6 is 27.5 Å². The van der Waals surface area contributed by atoms with E-state index in [0.717, 1.165) is 5.56 Å². The molecular formula is C13H10BrClO2. The minimum absolute atomic E-state index is 0.199. The summed E-state index contributed by atoms with van der Waals surface area (Å²) in [5, 5.41) is 10.1. The number of phenolic OH excluding ortho intramolecular Hbond substituents is 1. The number of aromatic hydroxyl groups is 1. The number of halogens is 2. The summed E-state index contributed by atoms with van der Waals surface area (Å²) < 4.78 is 6.23. The molecule has 1 N–H and O–H groups in total. The summed E-state index contributed by atoms with van der Waals surface area (Å²) in [4.78, 5) is 0. The summed E-state index contributed by atoms with van der Waals surface area (Å²) in [6, 6.07) is 12.6. The Morgan fingerprint density at radius 1 is 1.18 bits per heavy atom. The average molecular weight is 314 g/mol. The molecule has 2 nitrogen and oxygen atoms in total. The van der Waals surface area contributed by atoms with Crippen LogP contribution in [0.15, 0.2) is 46.9 Å². The maximum atomic E-state index is 9.52. The average Bonchev–Trinajstić information content (AvgIpc) is 2.32. The van der Waals surface area contributed by atoms with E-state index in [2.05, 4.69) is 15.9 Å². The van der Waals surface area contributed by atoms with Gasteiger partial charge in [-0.15, -0.1) is 0 Å². The third-order valence-electron chi connectivity index (χ3n) is 2.24. The molecule has 88 valence electrons. The molecule has 0 heterocycles. The van der Waals surface area contributed by atoms with Gasteiger partial charge in [-0.3, -0.25) is 0 Å². The lowest BCUT2D eigenvalue weighted by atomic mass is 10.2. The summed E-state index contributed by atoms with van der Waals surface area (Å²) in [6.45, 7) is 0.366. The predicted molar refractivity (Wildman–Crippen MR) is 71.6 cm³/mol. The molecule has 0 aliphatic rings. The Morgan fingerprint density at radius 3 is 2.65 bits per heavy atom. The van der Waals surface area contributed by atoms with E-state index in [4.69, 9.17) is 16.3 Å². The maximum absolute atomic E-state index is 9.52. The molecule has 0 saturated heterocycles. The molecule has 4 heteroatoms. The Morgan fingerprint density at radius 2 is 1.94 bits per heavy atom. The van der Waals surface area contributed by atoms with Crippen molar-refractivity contribution in [1.29, 1.82) is 0 Å². The van der Waals surface area contributed by atoms with Crippen molar-refractivity contribution in [3.05, 3.63) is 57.5 Å². The topological polar surface area (TPSA) is 29.5 Å². The van der Waals surface area contributed by atoms with Crippen LogP contribution in [0.25, 0.3) is 0 Å². The summed E-state index contributed by atoms with van der Waals surface area (Å²) >= 11 is 9.19. The monoisotopic (exact) mass is 312 g/mol. The molecule has 0 saturated carbocycles. The van der Waals surface area contributed by atoms with Crippen LogP contribution in [0, 0.1) is 0 Å². The number of rotatable bonds is 3. The molecule has 0 aromatic heterocycles.